The normalized spacial score (nSPS) is 17.9. The molecule has 0 amide bonds. The van der Waals surface area contributed by atoms with E-state index >= 15 is 0 Å². The van der Waals surface area contributed by atoms with Crippen molar-refractivity contribution in [1.82, 2.24) is 4.90 Å². The van der Waals surface area contributed by atoms with Gasteiger partial charge in [0.25, 0.3) is 0 Å². The number of hydrogen-bond acceptors (Lipinski definition) is 3. The van der Waals surface area contributed by atoms with Gasteiger partial charge in [-0.05, 0) is 38.1 Å². The lowest BCUT2D eigenvalue weighted by atomic mass is 10.0. The predicted octanol–water partition coefficient (Wildman–Crippen LogP) is 1.62. The zero-order valence-corrected chi connectivity index (χ0v) is 9.69. The zero-order chi connectivity index (χ0) is 12.3. The molecule has 1 aliphatic heterocycles. The van der Waals surface area contributed by atoms with E-state index in [1.54, 1.807) is 12.1 Å². The molecule has 1 fully saturated rings. The molecule has 2 N–H and O–H groups in total. The molecule has 0 aromatic heterocycles. The molecule has 4 heteroatoms. The number of hydrogen-bond donors (Lipinski definition) is 1. The lowest BCUT2D eigenvalue weighted by Gasteiger charge is -2.30. The Balaban J connectivity index is 2.02. The van der Waals surface area contributed by atoms with Crippen molar-refractivity contribution in [2.75, 3.05) is 13.1 Å². The lowest BCUT2D eigenvalue weighted by Crippen LogP contribution is -2.39. The predicted molar refractivity (Wildman–Crippen MR) is 63.6 cm³/mol. The van der Waals surface area contributed by atoms with Crippen molar-refractivity contribution < 1.29 is 4.39 Å². The highest BCUT2D eigenvalue weighted by Gasteiger charge is 2.17. The second-order valence-corrected chi connectivity index (χ2v) is 4.53. The van der Waals surface area contributed by atoms with Crippen molar-refractivity contribution in [3.8, 4) is 6.07 Å². The van der Waals surface area contributed by atoms with Gasteiger partial charge in [0.05, 0.1) is 11.6 Å². The monoisotopic (exact) mass is 233 g/mol. The first-order valence-electron chi connectivity index (χ1n) is 5.85. The fourth-order valence-corrected chi connectivity index (χ4v) is 2.10. The minimum Gasteiger partial charge on any atom is -0.328 e. The first-order valence-corrected chi connectivity index (χ1v) is 5.85. The first-order chi connectivity index (χ1) is 8.19. The summed E-state index contributed by atoms with van der Waals surface area (Å²) < 4.78 is 13.7. The molecule has 1 aromatic carbocycles. The van der Waals surface area contributed by atoms with Gasteiger partial charge < -0.3 is 5.73 Å². The maximum Gasteiger partial charge on any atom is 0.129 e. The summed E-state index contributed by atoms with van der Waals surface area (Å²) in [6.07, 6.45) is 1.94. The highest BCUT2D eigenvalue weighted by atomic mass is 19.1. The SMILES string of the molecule is N#Cc1ccc(CN2CCC(N)CC2)c(F)c1. The van der Waals surface area contributed by atoms with Crippen LogP contribution in [0, 0.1) is 17.1 Å². The molecule has 0 atom stereocenters. The van der Waals surface area contributed by atoms with Crippen LogP contribution in [-0.2, 0) is 6.54 Å². The van der Waals surface area contributed by atoms with E-state index in [2.05, 4.69) is 4.90 Å². The number of nitriles is 1. The summed E-state index contributed by atoms with van der Waals surface area (Å²) in [5.41, 5.74) is 6.84. The fourth-order valence-electron chi connectivity index (χ4n) is 2.10. The van der Waals surface area contributed by atoms with Gasteiger partial charge in [-0.3, -0.25) is 4.90 Å². The second-order valence-electron chi connectivity index (χ2n) is 4.53. The number of benzene rings is 1. The van der Waals surface area contributed by atoms with Crippen LogP contribution >= 0.6 is 0 Å². The van der Waals surface area contributed by atoms with Crippen molar-refractivity contribution in [3.63, 3.8) is 0 Å². The van der Waals surface area contributed by atoms with Crippen LogP contribution in [0.2, 0.25) is 0 Å². The summed E-state index contributed by atoms with van der Waals surface area (Å²) in [4.78, 5) is 2.20. The number of piperidine rings is 1. The molecule has 1 aliphatic rings. The topological polar surface area (TPSA) is 53.0 Å². The molecule has 0 aliphatic carbocycles. The third-order valence-electron chi connectivity index (χ3n) is 3.21. The molecule has 2 rings (SSSR count). The summed E-state index contributed by atoms with van der Waals surface area (Å²) in [6, 6.07) is 6.88. The Bertz CT molecular complexity index is 431. The minimum atomic E-state index is -0.293. The zero-order valence-electron chi connectivity index (χ0n) is 9.69. The largest absolute Gasteiger partial charge is 0.328 e. The van der Waals surface area contributed by atoms with E-state index < -0.39 is 0 Å². The van der Waals surface area contributed by atoms with E-state index in [9.17, 15) is 4.39 Å². The van der Waals surface area contributed by atoms with Gasteiger partial charge in [-0.2, -0.15) is 5.26 Å². The summed E-state index contributed by atoms with van der Waals surface area (Å²) in [6.45, 7) is 2.44. The van der Waals surface area contributed by atoms with Gasteiger partial charge in [0, 0.05) is 18.2 Å². The van der Waals surface area contributed by atoms with Crippen LogP contribution in [-0.4, -0.2) is 24.0 Å². The molecule has 1 saturated heterocycles. The van der Waals surface area contributed by atoms with Gasteiger partial charge in [0.15, 0.2) is 0 Å². The summed E-state index contributed by atoms with van der Waals surface area (Å²) in [5, 5.41) is 8.66. The third kappa shape index (κ3) is 3.02. The van der Waals surface area contributed by atoms with Crippen molar-refractivity contribution in [3.05, 3.63) is 35.1 Å². The molecule has 17 heavy (non-hydrogen) atoms. The van der Waals surface area contributed by atoms with E-state index in [0.717, 1.165) is 25.9 Å². The molecule has 90 valence electrons. The summed E-state index contributed by atoms with van der Waals surface area (Å²) in [7, 11) is 0. The van der Waals surface area contributed by atoms with Gasteiger partial charge in [0.2, 0.25) is 0 Å². The van der Waals surface area contributed by atoms with Crippen molar-refractivity contribution >= 4 is 0 Å². The average Bonchev–Trinajstić information content (AvgIpc) is 2.34. The van der Waals surface area contributed by atoms with Crippen LogP contribution < -0.4 is 5.73 Å². The van der Waals surface area contributed by atoms with E-state index in [1.807, 2.05) is 6.07 Å². The molecule has 0 saturated carbocycles. The average molecular weight is 233 g/mol. The van der Waals surface area contributed by atoms with Gasteiger partial charge in [0.1, 0.15) is 5.82 Å². The van der Waals surface area contributed by atoms with E-state index in [0.29, 0.717) is 17.7 Å². The van der Waals surface area contributed by atoms with Crippen molar-refractivity contribution in [2.24, 2.45) is 5.73 Å². The highest BCUT2D eigenvalue weighted by molar-refractivity contribution is 5.32. The first kappa shape index (κ1) is 12.0. The summed E-state index contributed by atoms with van der Waals surface area (Å²) in [5.74, 6) is -0.293. The Morgan fingerprint density at radius 1 is 1.41 bits per heavy atom. The number of nitrogens with zero attached hydrogens (tertiary/aromatic N) is 2. The molecule has 0 spiro atoms. The Labute approximate surface area is 101 Å². The Morgan fingerprint density at radius 3 is 2.71 bits per heavy atom. The standard InChI is InChI=1S/C13H16FN3/c14-13-7-10(8-15)1-2-11(13)9-17-5-3-12(16)4-6-17/h1-2,7,12H,3-6,9,16H2. The Kier molecular flexibility index (Phi) is 3.72. The van der Waals surface area contributed by atoms with Gasteiger partial charge >= 0.3 is 0 Å². The molecular formula is C13H16FN3. The summed E-state index contributed by atoms with van der Waals surface area (Å²) >= 11 is 0. The maximum atomic E-state index is 13.7. The third-order valence-corrected chi connectivity index (χ3v) is 3.21. The van der Waals surface area contributed by atoms with Crippen LogP contribution in [0.1, 0.15) is 24.0 Å². The van der Waals surface area contributed by atoms with Crippen LogP contribution in [0.3, 0.4) is 0 Å². The molecule has 3 nitrogen and oxygen atoms in total. The van der Waals surface area contributed by atoms with E-state index in [-0.39, 0.29) is 11.9 Å². The number of rotatable bonds is 2. The molecule has 0 radical (unpaired) electrons. The second kappa shape index (κ2) is 5.26. The smallest absolute Gasteiger partial charge is 0.129 e. The number of likely N-dealkylation sites (tertiary alicyclic amines) is 1. The molecule has 1 heterocycles. The molecule has 0 unspecified atom stereocenters. The number of nitrogens with two attached hydrogens (primary N) is 1. The van der Waals surface area contributed by atoms with Crippen LogP contribution in [0.15, 0.2) is 18.2 Å². The lowest BCUT2D eigenvalue weighted by molar-refractivity contribution is 0.203. The van der Waals surface area contributed by atoms with Gasteiger partial charge in [-0.15, -0.1) is 0 Å². The van der Waals surface area contributed by atoms with Gasteiger partial charge in [-0.1, -0.05) is 6.07 Å². The van der Waals surface area contributed by atoms with E-state index in [1.165, 1.54) is 6.07 Å². The van der Waals surface area contributed by atoms with Crippen LogP contribution in [0.25, 0.3) is 0 Å². The van der Waals surface area contributed by atoms with Crippen LogP contribution in [0.4, 0.5) is 4.39 Å². The molecule has 0 bridgehead atoms. The minimum absolute atomic E-state index is 0.289. The molecule has 1 aromatic rings. The Hall–Kier alpha value is -1.44. The maximum absolute atomic E-state index is 13.7. The molecular weight excluding hydrogens is 217 g/mol. The highest BCUT2D eigenvalue weighted by Crippen LogP contribution is 2.16. The van der Waals surface area contributed by atoms with Crippen molar-refractivity contribution in [1.29, 1.82) is 5.26 Å². The van der Waals surface area contributed by atoms with Crippen LogP contribution in [0.5, 0.6) is 0 Å². The quantitative estimate of drug-likeness (QED) is 0.844. The van der Waals surface area contributed by atoms with E-state index in [4.69, 9.17) is 11.0 Å². The van der Waals surface area contributed by atoms with Gasteiger partial charge in [-0.25, -0.2) is 4.39 Å². The fraction of sp³-hybridized carbons (Fsp3) is 0.462. The van der Waals surface area contributed by atoms with Crippen molar-refractivity contribution in [2.45, 2.75) is 25.4 Å². The number of halogens is 1. The Morgan fingerprint density at radius 2 is 2.12 bits per heavy atom.